The predicted octanol–water partition coefficient (Wildman–Crippen LogP) is 2.50. The zero-order valence-corrected chi connectivity index (χ0v) is 13.5. The molecule has 2 N–H and O–H groups in total. The van der Waals surface area contributed by atoms with Crippen LogP contribution in [-0.2, 0) is 11.3 Å². The summed E-state index contributed by atoms with van der Waals surface area (Å²) >= 11 is 0. The van der Waals surface area contributed by atoms with Gasteiger partial charge in [0.25, 0.3) is 0 Å². The molecule has 1 aliphatic heterocycles. The van der Waals surface area contributed by atoms with Crippen LogP contribution in [0.1, 0.15) is 32.3 Å². The average molecular weight is 306 g/mol. The van der Waals surface area contributed by atoms with Crippen molar-refractivity contribution in [2.24, 2.45) is 5.92 Å². The lowest BCUT2D eigenvalue weighted by molar-refractivity contribution is -0.135. The molecule has 0 amide bonds. The minimum absolute atomic E-state index is 0.0320. The van der Waals surface area contributed by atoms with E-state index in [4.69, 9.17) is 9.84 Å². The van der Waals surface area contributed by atoms with Crippen molar-refractivity contribution in [1.29, 1.82) is 0 Å². The molecule has 0 aliphatic carbocycles. The first-order valence-corrected chi connectivity index (χ1v) is 8.03. The maximum atomic E-state index is 10.6. The SMILES string of the molecule is CCOc1cc(CNCC(=O)O)ccc1N1CCC(C)CC1. The van der Waals surface area contributed by atoms with E-state index in [9.17, 15) is 4.79 Å². The van der Waals surface area contributed by atoms with Gasteiger partial charge in [0.1, 0.15) is 5.75 Å². The number of hydrogen-bond donors (Lipinski definition) is 2. The lowest BCUT2D eigenvalue weighted by atomic mass is 9.98. The fraction of sp³-hybridized carbons (Fsp3) is 0.588. The standard InChI is InChI=1S/C17H26N2O3/c1-3-22-16-10-14(11-18-12-17(20)21)4-5-15(16)19-8-6-13(2)7-9-19/h4-5,10,13,18H,3,6-9,11-12H2,1-2H3,(H,20,21). The van der Waals surface area contributed by atoms with Gasteiger partial charge in [0, 0.05) is 19.6 Å². The first kappa shape index (κ1) is 16.6. The molecule has 0 bridgehead atoms. The Bertz CT molecular complexity index is 497. The molecule has 0 atom stereocenters. The zero-order valence-electron chi connectivity index (χ0n) is 13.5. The van der Waals surface area contributed by atoms with Gasteiger partial charge in [0.2, 0.25) is 0 Å². The van der Waals surface area contributed by atoms with Crippen molar-refractivity contribution >= 4 is 11.7 Å². The molecule has 5 nitrogen and oxygen atoms in total. The van der Waals surface area contributed by atoms with Gasteiger partial charge in [-0.05, 0) is 43.4 Å². The highest BCUT2D eigenvalue weighted by molar-refractivity contribution is 5.69. The Morgan fingerprint density at radius 1 is 1.41 bits per heavy atom. The topological polar surface area (TPSA) is 61.8 Å². The van der Waals surface area contributed by atoms with Gasteiger partial charge in [-0.1, -0.05) is 13.0 Å². The Hall–Kier alpha value is -1.75. The maximum absolute atomic E-state index is 10.6. The molecule has 1 aromatic rings. The molecule has 1 fully saturated rings. The highest BCUT2D eigenvalue weighted by Crippen LogP contribution is 2.32. The number of carboxylic acid groups (broad SMARTS) is 1. The van der Waals surface area contributed by atoms with Crippen LogP contribution >= 0.6 is 0 Å². The molecular weight excluding hydrogens is 280 g/mol. The van der Waals surface area contributed by atoms with E-state index < -0.39 is 5.97 Å². The molecule has 0 unspecified atom stereocenters. The van der Waals surface area contributed by atoms with Gasteiger partial charge >= 0.3 is 5.97 Å². The summed E-state index contributed by atoms with van der Waals surface area (Å²) in [5.74, 6) is 0.849. The highest BCUT2D eigenvalue weighted by Gasteiger charge is 2.19. The summed E-state index contributed by atoms with van der Waals surface area (Å²) in [4.78, 5) is 12.9. The third-order valence-electron chi connectivity index (χ3n) is 4.05. The monoisotopic (exact) mass is 306 g/mol. The van der Waals surface area contributed by atoms with E-state index >= 15 is 0 Å². The van der Waals surface area contributed by atoms with Crippen LogP contribution in [0.3, 0.4) is 0 Å². The van der Waals surface area contributed by atoms with Crippen LogP contribution in [0, 0.1) is 5.92 Å². The molecule has 0 saturated carbocycles. The average Bonchev–Trinajstić information content (AvgIpc) is 2.49. The van der Waals surface area contributed by atoms with E-state index in [1.54, 1.807) is 0 Å². The van der Waals surface area contributed by atoms with E-state index in [1.807, 2.05) is 19.1 Å². The van der Waals surface area contributed by atoms with E-state index in [0.717, 1.165) is 36.0 Å². The van der Waals surface area contributed by atoms with Gasteiger partial charge in [-0.25, -0.2) is 0 Å². The molecule has 0 spiro atoms. The summed E-state index contributed by atoms with van der Waals surface area (Å²) in [7, 11) is 0. The fourth-order valence-corrected chi connectivity index (χ4v) is 2.76. The molecule has 1 aliphatic rings. The van der Waals surface area contributed by atoms with Crippen LogP contribution in [0.25, 0.3) is 0 Å². The van der Waals surface area contributed by atoms with Crippen LogP contribution in [0.2, 0.25) is 0 Å². The van der Waals surface area contributed by atoms with Crippen LogP contribution < -0.4 is 15.0 Å². The number of benzene rings is 1. The first-order chi connectivity index (χ1) is 10.6. The largest absolute Gasteiger partial charge is 0.492 e. The Kier molecular flexibility index (Phi) is 6.07. The summed E-state index contributed by atoms with van der Waals surface area (Å²) < 4.78 is 5.80. The van der Waals surface area contributed by atoms with Crippen molar-refractivity contribution in [2.45, 2.75) is 33.2 Å². The summed E-state index contributed by atoms with van der Waals surface area (Å²) in [5, 5.41) is 11.6. The van der Waals surface area contributed by atoms with E-state index in [2.05, 4.69) is 23.2 Å². The van der Waals surface area contributed by atoms with E-state index in [-0.39, 0.29) is 6.54 Å². The van der Waals surface area contributed by atoms with Gasteiger partial charge in [-0.3, -0.25) is 4.79 Å². The number of anilines is 1. The second kappa shape index (κ2) is 8.03. The van der Waals surface area contributed by atoms with Crippen LogP contribution in [0.15, 0.2) is 18.2 Å². The molecule has 1 saturated heterocycles. The molecule has 1 aromatic carbocycles. The summed E-state index contributed by atoms with van der Waals surface area (Å²) in [6.45, 7) is 7.55. The predicted molar refractivity (Wildman–Crippen MR) is 87.6 cm³/mol. The lowest BCUT2D eigenvalue weighted by Gasteiger charge is -2.33. The molecule has 122 valence electrons. The number of ether oxygens (including phenoxy) is 1. The van der Waals surface area contributed by atoms with Gasteiger partial charge in [0.15, 0.2) is 0 Å². The minimum Gasteiger partial charge on any atom is -0.492 e. The third-order valence-corrected chi connectivity index (χ3v) is 4.05. The molecule has 0 aromatic heterocycles. The number of aliphatic carboxylic acids is 1. The van der Waals surface area contributed by atoms with Crippen molar-refractivity contribution in [2.75, 3.05) is 31.1 Å². The van der Waals surface area contributed by atoms with Gasteiger partial charge in [-0.2, -0.15) is 0 Å². The Morgan fingerprint density at radius 2 is 2.14 bits per heavy atom. The molecule has 5 heteroatoms. The normalized spacial score (nSPS) is 15.8. The fourth-order valence-electron chi connectivity index (χ4n) is 2.76. The summed E-state index contributed by atoms with van der Waals surface area (Å²) in [6, 6.07) is 6.16. The van der Waals surface area contributed by atoms with Crippen LogP contribution in [-0.4, -0.2) is 37.3 Å². The number of rotatable bonds is 7. The second-order valence-corrected chi connectivity index (χ2v) is 5.90. The van der Waals surface area contributed by atoms with Gasteiger partial charge in [-0.15, -0.1) is 0 Å². The highest BCUT2D eigenvalue weighted by atomic mass is 16.5. The Balaban J connectivity index is 2.07. The number of nitrogens with one attached hydrogen (secondary N) is 1. The van der Waals surface area contributed by atoms with Gasteiger partial charge in [0.05, 0.1) is 18.8 Å². The Labute approximate surface area is 132 Å². The summed E-state index contributed by atoms with van der Waals surface area (Å²) in [5.41, 5.74) is 2.19. The van der Waals surface area contributed by atoms with Crippen molar-refractivity contribution in [3.05, 3.63) is 23.8 Å². The van der Waals surface area contributed by atoms with E-state index in [1.165, 1.54) is 12.8 Å². The van der Waals surface area contributed by atoms with E-state index in [0.29, 0.717) is 13.2 Å². The number of nitrogens with zero attached hydrogens (tertiary/aromatic N) is 1. The van der Waals surface area contributed by atoms with Crippen molar-refractivity contribution < 1.29 is 14.6 Å². The first-order valence-electron chi connectivity index (χ1n) is 8.03. The zero-order chi connectivity index (χ0) is 15.9. The number of piperidine rings is 1. The second-order valence-electron chi connectivity index (χ2n) is 5.90. The van der Waals surface area contributed by atoms with Crippen molar-refractivity contribution in [3.8, 4) is 5.75 Å². The van der Waals surface area contributed by atoms with Gasteiger partial charge < -0.3 is 20.1 Å². The third kappa shape index (κ3) is 4.63. The van der Waals surface area contributed by atoms with Crippen molar-refractivity contribution in [3.63, 3.8) is 0 Å². The van der Waals surface area contributed by atoms with Crippen LogP contribution in [0.4, 0.5) is 5.69 Å². The number of carbonyl (C=O) groups is 1. The van der Waals surface area contributed by atoms with Crippen LogP contribution in [0.5, 0.6) is 5.75 Å². The maximum Gasteiger partial charge on any atom is 0.317 e. The molecular formula is C17H26N2O3. The quantitative estimate of drug-likeness (QED) is 0.810. The molecule has 22 heavy (non-hydrogen) atoms. The minimum atomic E-state index is -0.843. The lowest BCUT2D eigenvalue weighted by Crippen LogP contribution is -2.33. The number of hydrogen-bond acceptors (Lipinski definition) is 4. The number of carboxylic acids is 1. The van der Waals surface area contributed by atoms with Crippen molar-refractivity contribution in [1.82, 2.24) is 5.32 Å². The Morgan fingerprint density at radius 3 is 2.77 bits per heavy atom. The molecule has 0 radical (unpaired) electrons. The summed E-state index contributed by atoms with van der Waals surface area (Å²) in [6.07, 6.45) is 2.43. The molecule has 1 heterocycles. The molecule has 2 rings (SSSR count). The smallest absolute Gasteiger partial charge is 0.317 e.